The van der Waals surface area contributed by atoms with Gasteiger partial charge in [0.05, 0.1) is 6.54 Å². The minimum absolute atomic E-state index is 0. The van der Waals surface area contributed by atoms with Gasteiger partial charge in [0.1, 0.15) is 0 Å². The third kappa shape index (κ3) is 5.52. The summed E-state index contributed by atoms with van der Waals surface area (Å²) in [5, 5.41) is 5.26. The van der Waals surface area contributed by atoms with E-state index in [1.54, 1.807) is 11.3 Å². The second-order valence-corrected chi connectivity index (χ2v) is 6.53. The third-order valence-electron chi connectivity index (χ3n) is 3.81. The van der Waals surface area contributed by atoms with Gasteiger partial charge in [0.15, 0.2) is 5.96 Å². The first kappa shape index (κ1) is 18.8. The van der Waals surface area contributed by atoms with Gasteiger partial charge in [0.25, 0.3) is 0 Å². The van der Waals surface area contributed by atoms with Gasteiger partial charge in [-0.3, -0.25) is 0 Å². The second kappa shape index (κ2) is 9.68. The van der Waals surface area contributed by atoms with E-state index >= 15 is 0 Å². The van der Waals surface area contributed by atoms with Crippen molar-refractivity contribution in [2.45, 2.75) is 13.0 Å². The molecule has 0 unspecified atom stereocenters. The predicted octanol–water partition coefficient (Wildman–Crippen LogP) is 3.39. The van der Waals surface area contributed by atoms with Crippen LogP contribution < -0.4 is 16.0 Å². The summed E-state index contributed by atoms with van der Waals surface area (Å²) in [6.45, 7) is 3.42. The van der Waals surface area contributed by atoms with Gasteiger partial charge in [-0.15, -0.1) is 35.3 Å². The molecule has 0 fully saturated rings. The molecule has 2 heterocycles. The fourth-order valence-electron chi connectivity index (χ4n) is 2.50. The molecule has 128 valence electrons. The molecule has 0 radical (unpaired) electrons. The number of anilines is 1. The van der Waals surface area contributed by atoms with E-state index in [9.17, 15) is 0 Å². The van der Waals surface area contributed by atoms with E-state index in [4.69, 9.17) is 5.73 Å². The lowest BCUT2D eigenvalue weighted by atomic mass is 10.2. The standard InChI is InChI=1S/C18H22N4S.HI/c19-18(20-10-9-17-4-3-13-23-17)21-14-15-5-7-16(8-6-15)22-11-1-2-12-22;/h1-8,13H,9-12,14H2,(H3,19,20,21);1H. The molecule has 1 aliphatic heterocycles. The molecule has 0 saturated carbocycles. The van der Waals surface area contributed by atoms with Crippen molar-refractivity contribution < 1.29 is 0 Å². The summed E-state index contributed by atoms with van der Waals surface area (Å²) in [7, 11) is 0. The fourth-order valence-corrected chi connectivity index (χ4v) is 3.21. The van der Waals surface area contributed by atoms with Gasteiger partial charge in [-0.25, -0.2) is 4.99 Å². The van der Waals surface area contributed by atoms with E-state index in [2.05, 4.69) is 69.1 Å². The Morgan fingerprint density at radius 3 is 2.58 bits per heavy atom. The number of nitrogens with one attached hydrogen (secondary N) is 1. The number of thiophene rings is 1. The molecule has 6 heteroatoms. The maximum Gasteiger partial charge on any atom is 0.188 e. The summed E-state index contributed by atoms with van der Waals surface area (Å²) in [5.74, 6) is 0.509. The normalized spacial score (nSPS) is 13.8. The van der Waals surface area contributed by atoms with Crippen LogP contribution in [0.3, 0.4) is 0 Å². The highest BCUT2D eigenvalue weighted by atomic mass is 127. The van der Waals surface area contributed by atoms with Gasteiger partial charge in [0.2, 0.25) is 0 Å². The van der Waals surface area contributed by atoms with Crippen LogP contribution in [0.15, 0.2) is 58.9 Å². The summed E-state index contributed by atoms with van der Waals surface area (Å²) in [6.07, 6.45) is 5.37. The molecule has 0 atom stereocenters. The Hall–Kier alpha value is -1.54. The average Bonchev–Trinajstić information content (AvgIpc) is 3.27. The average molecular weight is 454 g/mol. The zero-order valence-corrected chi connectivity index (χ0v) is 16.7. The SMILES string of the molecule is I.NC(=NCc1ccc(N2CC=CC2)cc1)NCCc1cccs1. The lowest BCUT2D eigenvalue weighted by Gasteiger charge is -2.17. The molecule has 3 rings (SSSR count). The Kier molecular flexibility index (Phi) is 7.58. The van der Waals surface area contributed by atoms with Crippen LogP contribution in [-0.2, 0) is 13.0 Å². The van der Waals surface area contributed by atoms with E-state index in [1.807, 2.05) is 0 Å². The predicted molar refractivity (Wildman–Crippen MR) is 115 cm³/mol. The summed E-state index contributed by atoms with van der Waals surface area (Å²) in [6, 6.07) is 12.7. The van der Waals surface area contributed by atoms with E-state index in [1.165, 1.54) is 16.1 Å². The van der Waals surface area contributed by atoms with Crippen molar-refractivity contribution in [3.8, 4) is 0 Å². The van der Waals surface area contributed by atoms with Crippen molar-refractivity contribution in [3.05, 3.63) is 64.4 Å². The second-order valence-electron chi connectivity index (χ2n) is 5.50. The zero-order chi connectivity index (χ0) is 15.9. The summed E-state index contributed by atoms with van der Waals surface area (Å²) < 4.78 is 0. The number of guanidine groups is 1. The van der Waals surface area contributed by atoms with Crippen LogP contribution in [0.1, 0.15) is 10.4 Å². The van der Waals surface area contributed by atoms with Crippen LogP contribution in [0.4, 0.5) is 5.69 Å². The Balaban J connectivity index is 0.00000208. The van der Waals surface area contributed by atoms with Crippen LogP contribution in [0.2, 0.25) is 0 Å². The first-order chi connectivity index (χ1) is 11.3. The molecular formula is C18H23IN4S. The molecule has 1 aromatic heterocycles. The lowest BCUT2D eigenvalue weighted by Crippen LogP contribution is -2.33. The molecule has 0 amide bonds. The van der Waals surface area contributed by atoms with Crippen LogP contribution in [0, 0.1) is 0 Å². The molecule has 1 aliphatic rings. The van der Waals surface area contributed by atoms with Gasteiger partial charge < -0.3 is 16.0 Å². The van der Waals surface area contributed by atoms with E-state index in [-0.39, 0.29) is 24.0 Å². The minimum Gasteiger partial charge on any atom is -0.370 e. The highest BCUT2D eigenvalue weighted by Gasteiger charge is 2.06. The monoisotopic (exact) mass is 454 g/mol. The quantitative estimate of drug-likeness (QED) is 0.305. The molecule has 24 heavy (non-hydrogen) atoms. The van der Waals surface area contributed by atoms with E-state index < -0.39 is 0 Å². The molecule has 0 aliphatic carbocycles. The van der Waals surface area contributed by atoms with Crippen LogP contribution in [0.25, 0.3) is 0 Å². The van der Waals surface area contributed by atoms with Gasteiger partial charge in [-0.05, 0) is 35.6 Å². The van der Waals surface area contributed by atoms with Crippen LogP contribution in [-0.4, -0.2) is 25.6 Å². The summed E-state index contributed by atoms with van der Waals surface area (Å²) >= 11 is 1.77. The van der Waals surface area contributed by atoms with Crippen molar-refractivity contribution in [1.82, 2.24) is 5.32 Å². The number of hydrogen-bond acceptors (Lipinski definition) is 3. The number of halogens is 1. The van der Waals surface area contributed by atoms with Crippen molar-refractivity contribution in [3.63, 3.8) is 0 Å². The number of benzene rings is 1. The summed E-state index contributed by atoms with van der Waals surface area (Å²) in [5.41, 5.74) is 8.34. The number of rotatable bonds is 6. The Bertz CT molecular complexity index is 657. The Morgan fingerprint density at radius 2 is 1.92 bits per heavy atom. The molecule has 0 bridgehead atoms. The number of aliphatic imine (C=N–C) groups is 1. The van der Waals surface area contributed by atoms with E-state index in [0.29, 0.717) is 12.5 Å². The fraction of sp³-hybridized carbons (Fsp3) is 0.278. The number of nitrogens with two attached hydrogens (primary N) is 1. The molecular weight excluding hydrogens is 431 g/mol. The highest BCUT2D eigenvalue weighted by Crippen LogP contribution is 2.17. The van der Waals surface area contributed by atoms with Crippen molar-refractivity contribution in [1.29, 1.82) is 0 Å². The van der Waals surface area contributed by atoms with Crippen molar-refractivity contribution in [2.75, 3.05) is 24.5 Å². The molecule has 0 spiro atoms. The number of hydrogen-bond donors (Lipinski definition) is 2. The van der Waals surface area contributed by atoms with Gasteiger partial charge in [-0.2, -0.15) is 0 Å². The Morgan fingerprint density at radius 1 is 1.17 bits per heavy atom. The van der Waals surface area contributed by atoms with Gasteiger partial charge in [-0.1, -0.05) is 30.4 Å². The lowest BCUT2D eigenvalue weighted by molar-refractivity contribution is 0.857. The minimum atomic E-state index is 0. The molecule has 0 saturated heterocycles. The zero-order valence-electron chi connectivity index (χ0n) is 13.5. The number of nitrogens with zero attached hydrogens (tertiary/aromatic N) is 2. The largest absolute Gasteiger partial charge is 0.370 e. The summed E-state index contributed by atoms with van der Waals surface area (Å²) in [4.78, 5) is 8.09. The van der Waals surface area contributed by atoms with Gasteiger partial charge >= 0.3 is 0 Å². The van der Waals surface area contributed by atoms with Crippen molar-refractivity contribution >= 4 is 47.0 Å². The Labute approximate surface area is 164 Å². The van der Waals surface area contributed by atoms with Gasteiger partial charge in [0, 0.05) is 30.2 Å². The molecule has 4 nitrogen and oxygen atoms in total. The molecule has 2 aromatic rings. The first-order valence-corrected chi connectivity index (χ1v) is 8.74. The third-order valence-corrected chi connectivity index (χ3v) is 4.75. The maximum atomic E-state index is 5.92. The highest BCUT2D eigenvalue weighted by molar-refractivity contribution is 14.0. The first-order valence-electron chi connectivity index (χ1n) is 7.86. The van der Waals surface area contributed by atoms with Crippen LogP contribution in [0.5, 0.6) is 0 Å². The topological polar surface area (TPSA) is 53.6 Å². The van der Waals surface area contributed by atoms with Crippen molar-refractivity contribution in [2.24, 2.45) is 10.7 Å². The van der Waals surface area contributed by atoms with Crippen LogP contribution >= 0.6 is 35.3 Å². The smallest absolute Gasteiger partial charge is 0.188 e. The molecule has 1 aromatic carbocycles. The van der Waals surface area contributed by atoms with E-state index in [0.717, 1.165) is 26.1 Å². The molecule has 3 N–H and O–H groups in total. The maximum absolute atomic E-state index is 5.92.